The van der Waals surface area contributed by atoms with Gasteiger partial charge in [-0.3, -0.25) is 4.79 Å². The molecule has 1 rings (SSSR count). The van der Waals surface area contributed by atoms with E-state index >= 15 is 0 Å². The van der Waals surface area contributed by atoms with Crippen molar-refractivity contribution < 1.29 is 19.1 Å². The molecule has 1 N–H and O–H groups in total. The molecule has 0 saturated carbocycles. The number of nitrogens with one attached hydrogen (secondary N) is 1. The molecule has 124 valence electrons. The molecule has 3 atom stereocenters. The van der Waals surface area contributed by atoms with Crippen molar-refractivity contribution in [3.63, 3.8) is 0 Å². The topological polar surface area (TPSA) is 64.6 Å². The molecule has 1 amide bonds. The normalized spacial score (nSPS) is 22.5. The maximum Gasteiger partial charge on any atom is 0.407 e. The van der Waals surface area contributed by atoms with Gasteiger partial charge in [0.25, 0.3) is 0 Å². The first-order valence-electron chi connectivity index (χ1n) is 7.24. The van der Waals surface area contributed by atoms with Crippen molar-refractivity contribution in [2.75, 3.05) is 7.11 Å². The van der Waals surface area contributed by atoms with Gasteiger partial charge in [0.2, 0.25) is 0 Å². The highest BCUT2D eigenvalue weighted by molar-refractivity contribution is 9.11. The van der Waals surface area contributed by atoms with Crippen LogP contribution in [0.4, 0.5) is 4.79 Å². The van der Waals surface area contributed by atoms with E-state index in [1.54, 1.807) is 20.8 Å². The van der Waals surface area contributed by atoms with Gasteiger partial charge in [0, 0.05) is 16.4 Å². The van der Waals surface area contributed by atoms with E-state index in [4.69, 9.17) is 9.47 Å². The van der Waals surface area contributed by atoms with Crippen LogP contribution in [0.15, 0.2) is 22.7 Å². The second kappa shape index (κ2) is 7.81. The number of allylic oxidation sites excluding steroid dienone is 3. The van der Waals surface area contributed by atoms with E-state index in [-0.39, 0.29) is 30.3 Å². The fourth-order valence-electron chi connectivity index (χ4n) is 2.30. The summed E-state index contributed by atoms with van der Waals surface area (Å²) in [6, 6.07) is -0.384. The van der Waals surface area contributed by atoms with Crippen molar-refractivity contribution in [2.45, 2.75) is 45.8 Å². The fraction of sp³-hybridized carbons (Fsp3) is 0.625. The maximum atomic E-state index is 12.0. The summed E-state index contributed by atoms with van der Waals surface area (Å²) in [5.41, 5.74) is -0.586. The molecule has 5 nitrogen and oxygen atoms in total. The molecule has 0 bridgehead atoms. The van der Waals surface area contributed by atoms with Crippen LogP contribution in [-0.4, -0.2) is 30.8 Å². The van der Waals surface area contributed by atoms with Gasteiger partial charge in [0.15, 0.2) is 0 Å². The number of hydrogen-bond donors (Lipinski definition) is 1. The number of halogens is 1. The highest BCUT2D eigenvalue weighted by Crippen LogP contribution is 2.29. The van der Waals surface area contributed by atoms with E-state index in [2.05, 4.69) is 21.2 Å². The number of alkyl carbamates (subject to hydrolysis) is 1. The number of carbonyl (C=O) groups is 2. The number of hydrogen-bond acceptors (Lipinski definition) is 4. The van der Waals surface area contributed by atoms with Crippen LogP contribution in [0.5, 0.6) is 0 Å². The van der Waals surface area contributed by atoms with E-state index in [9.17, 15) is 9.59 Å². The molecule has 6 heteroatoms. The Hall–Kier alpha value is -1.30. The van der Waals surface area contributed by atoms with Gasteiger partial charge in [-0.25, -0.2) is 4.79 Å². The summed E-state index contributed by atoms with van der Waals surface area (Å²) in [6.07, 6.45) is 5.52. The first-order chi connectivity index (χ1) is 10.1. The van der Waals surface area contributed by atoms with Crippen LogP contribution in [-0.2, 0) is 14.3 Å². The number of amides is 1. The summed E-state index contributed by atoms with van der Waals surface area (Å²) < 4.78 is 11.0. The Morgan fingerprint density at radius 3 is 2.55 bits per heavy atom. The average molecular weight is 374 g/mol. The van der Waals surface area contributed by atoms with Gasteiger partial charge >= 0.3 is 12.1 Å². The van der Waals surface area contributed by atoms with Gasteiger partial charge in [-0.2, -0.15) is 0 Å². The van der Waals surface area contributed by atoms with Crippen LogP contribution in [0.3, 0.4) is 0 Å². The quantitative estimate of drug-likeness (QED) is 0.765. The summed E-state index contributed by atoms with van der Waals surface area (Å²) in [4.78, 5) is 23.7. The Kier molecular flexibility index (Phi) is 6.66. The van der Waals surface area contributed by atoms with Crippen LogP contribution in [0, 0.1) is 11.8 Å². The summed E-state index contributed by atoms with van der Waals surface area (Å²) in [7, 11) is 1.34. The van der Waals surface area contributed by atoms with Gasteiger partial charge in [-0.05, 0) is 26.7 Å². The van der Waals surface area contributed by atoms with Crippen molar-refractivity contribution >= 4 is 28.0 Å². The second-order valence-electron chi connectivity index (χ2n) is 6.38. The van der Waals surface area contributed by atoms with E-state index in [1.807, 2.05) is 25.2 Å². The zero-order chi connectivity index (χ0) is 16.9. The zero-order valence-electron chi connectivity index (χ0n) is 13.7. The van der Waals surface area contributed by atoms with Crippen molar-refractivity contribution in [1.29, 1.82) is 0 Å². The predicted octanol–water partition coefficient (Wildman–Crippen LogP) is 3.54. The first kappa shape index (κ1) is 18.7. The van der Waals surface area contributed by atoms with Crippen molar-refractivity contribution in [3.05, 3.63) is 22.7 Å². The minimum atomic E-state index is -0.586. The number of methoxy groups -OCH3 is 1. The van der Waals surface area contributed by atoms with Crippen molar-refractivity contribution in [2.24, 2.45) is 11.8 Å². The molecule has 0 radical (unpaired) electrons. The Morgan fingerprint density at radius 1 is 1.41 bits per heavy atom. The molecular formula is C16H24BrNO4. The molecule has 0 saturated heterocycles. The monoisotopic (exact) mass is 373 g/mol. The lowest BCUT2D eigenvalue weighted by Crippen LogP contribution is -2.45. The maximum absolute atomic E-state index is 12.0. The standard InChI is InChI=1S/C16H24BrNO4/c1-10-8-11(17)6-7-12(10)13(9-14(19)21-5)18-15(20)22-16(2,3)4/h6-8,10,12-13H,9H2,1-5H3,(H,18,20)/t10?,12?,13-/m0/s1. The lowest BCUT2D eigenvalue weighted by molar-refractivity contribution is -0.141. The number of rotatable bonds is 4. The minimum absolute atomic E-state index is 0.00656. The Labute approximate surface area is 140 Å². The molecule has 0 spiro atoms. The lowest BCUT2D eigenvalue weighted by atomic mass is 9.83. The summed E-state index contributed by atoms with van der Waals surface area (Å²) in [5, 5.41) is 2.80. The van der Waals surface area contributed by atoms with E-state index in [1.165, 1.54) is 7.11 Å². The van der Waals surface area contributed by atoms with E-state index < -0.39 is 11.7 Å². The summed E-state index contributed by atoms with van der Waals surface area (Å²) in [6.45, 7) is 7.43. The molecule has 0 aromatic heterocycles. The highest BCUT2D eigenvalue weighted by atomic mass is 79.9. The molecule has 1 aliphatic carbocycles. The Bertz CT molecular complexity index is 479. The molecule has 22 heavy (non-hydrogen) atoms. The van der Waals surface area contributed by atoms with E-state index in [0.29, 0.717) is 0 Å². The Balaban J connectivity index is 2.83. The Morgan fingerprint density at radius 2 is 2.05 bits per heavy atom. The van der Waals surface area contributed by atoms with Crippen LogP contribution in [0.25, 0.3) is 0 Å². The number of esters is 1. The minimum Gasteiger partial charge on any atom is -0.469 e. The number of carbonyl (C=O) groups excluding carboxylic acids is 2. The van der Waals surface area contributed by atoms with Gasteiger partial charge < -0.3 is 14.8 Å². The second-order valence-corrected chi connectivity index (χ2v) is 7.30. The largest absolute Gasteiger partial charge is 0.469 e. The summed E-state index contributed by atoms with van der Waals surface area (Å²) >= 11 is 3.43. The molecule has 0 fully saturated rings. The fourth-order valence-corrected chi connectivity index (χ4v) is 2.87. The van der Waals surface area contributed by atoms with E-state index in [0.717, 1.165) is 4.48 Å². The van der Waals surface area contributed by atoms with Crippen molar-refractivity contribution in [3.8, 4) is 0 Å². The van der Waals surface area contributed by atoms with Crippen LogP contribution in [0.1, 0.15) is 34.1 Å². The smallest absolute Gasteiger partial charge is 0.407 e. The molecule has 0 aromatic carbocycles. The van der Waals surface area contributed by atoms with Crippen LogP contribution < -0.4 is 5.32 Å². The number of ether oxygens (including phenoxy) is 2. The lowest BCUT2D eigenvalue weighted by Gasteiger charge is -2.31. The van der Waals surface area contributed by atoms with Gasteiger partial charge in [0.1, 0.15) is 5.60 Å². The van der Waals surface area contributed by atoms with Crippen LogP contribution >= 0.6 is 15.9 Å². The molecule has 1 aliphatic rings. The van der Waals surface area contributed by atoms with Crippen molar-refractivity contribution in [1.82, 2.24) is 5.32 Å². The summed E-state index contributed by atoms with van der Waals surface area (Å²) in [5.74, 6) is -0.202. The van der Waals surface area contributed by atoms with Gasteiger partial charge in [-0.15, -0.1) is 0 Å². The first-order valence-corrected chi connectivity index (χ1v) is 8.03. The molecule has 2 unspecified atom stereocenters. The third-order valence-corrected chi connectivity index (χ3v) is 3.82. The SMILES string of the molecule is COC(=O)C[C@H](NC(=O)OC(C)(C)C)C1C=CC(Br)=CC1C. The zero-order valence-corrected chi connectivity index (χ0v) is 15.3. The third kappa shape index (κ3) is 6.22. The average Bonchev–Trinajstić information content (AvgIpc) is 2.35. The third-order valence-electron chi connectivity index (χ3n) is 3.29. The predicted molar refractivity (Wildman–Crippen MR) is 88.6 cm³/mol. The molecule has 0 heterocycles. The van der Waals surface area contributed by atoms with Gasteiger partial charge in [-0.1, -0.05) is 41.1 Å². The molecule has 0 aromatic rings. The van der Waals surface area contributed by atoms with Crippen LogP contribution in [0.2, 0.25) is 0 Å². The van der Waals surface area contributed by atoms with Gasteiger partial charge in [0.05, 0.1) is 13.5 Å². The highest BCUT2D eigenvalue weighted by Gasteiger charge is 2.30. The molecule has 0 aliphatic heterocycles. The molecular weight excluding hydrogens is 350 g/mol.